The number of hydrogen-bond acceptors (Lipinski definition) is 7. The van der Waals surface area contributed by atoms with Crippen LogP contribution in [0.5, 0.6) is 0 Å². The summed E-state index contributed by atoms with van der Waals surface area (Å²) in [5, 5.41) is 12.4. The van der Waals surface area contributed by atoms with E-state index >= 15 is 0 Å². The Hall–Kier alpha value is -1.77. The lowest BCUT2D eigenvalue weighted by atomic mass is 10.1. The summed E-state index contributed by atoms with van der Waals surface area (Å²) in [5.74, 6) is 0.886. The zero-order valence-electron chi connectivity index (χ0n) is 15.9. The SMILES string of the molecule is CCC(=O)N(c1nnc(SCc2csc(-c3ccc(CC)cc3)n2)s1)C1CC1. The van der Waals surface area contributed by atoms with E-state index in [1.165, 1.54) is 16.9 Å². The maximum absolute atomic E-state index is 12.2. The highest BCUT2D eigenvalue weighted by Gasteiger charge is 2.35. The molecule has 4 rings (SSSR count). The molecule has 0 radical (unpaired) electrons. The Morgan fingerprint density at radius 1 is 1.21 bits per heavy atom. The van der Waals surface area contributed by atoms with Crippen molar-refractivity contribution in [3.05, 3.63) is 40.9 Å². The van der Waals surface area contributed by atoms with E-state index in [0.717, 1.165) is 50.8 Å². The summed E-state index contributed by atoms with van der Waals surface area (Å²) < 4.78 is 0.881. The molecule has 1 aliphatic rings. The number of thiazole rings is 1. The number of rotatable bonds is 8. The molecule has 5 nitrogen and oxygen atoms in total. The first-order valence-corrected chi connectivity index (χ1v) is 12.2. The number of benzene rings is 1. The third-order valence-corrected chi connectivity index (χ3v) is 7.62. The maximum Gasteiger partial charge on any atom is 0.228 e. The third kappa shape index (κ3) is 4.45. The van der Waals surface area contributed by atoms with Crippen molar-refractivity contribution in [3.63, 3.8) is 0 Å². The number of aryl methyl sites for hydroxylation is 1. The van der Waals surface area contributed by atoms with Crippen molar-refractivity contribution in [2.75, 3.05) is 4.90 Å². The molecule has 0 atom stereocenters. The number of aromatic nitrogens is 3. The first-order chi connectivity index (χ1) is 13.7. The topological polar surface area (TPSA) is 59.0 Å². The van der Waals surface area contributed by atoms with E-state index in [9.17, 15) is 4.79 Å². The van der Waals surface area contributed by atoms with E-state index in [4.69, 9.17) is 4.98 Å². The molecular weight excluding hydrogens is 408 g/mol. The van der Waals surface area contributed by atoms with Gasteiger partial charge in [0, 0.05) is 29.2 Å². The van der Waals surface area contributed by atoms with Gasteiger partial charge in [0.1, 0.15) is 5.01 Å². The van der Waals surface area contributed by atoms with Crippen molar-refractivity contribution in [1.29, 1.82) is 0 Å². The minimum Gasteiger partial charge on any atom is -0.284 e. The summed E-state index contributed by atoms with van der Waals surface area (Å²) in [5.41, 5.74) is 3.55. The molecule has 0 N–H and O–H groups in total. The summed E-state index contributed by atoms with van der Waals surface area (Å²) in [4.78, 5) is 18.8. The van der Waals surface area contributed by atoms with Gasteiger partial charge in [-0.2, -0.15) is 0 Å². The Morgan fingerprint density at radius 2 is 2.00 bits per heavy atom. The third-order valence-electron chi connectivity index (χ3n) is 4.59. The zero-order valence-corrected chi connectivity index (χ0v) is 18.4. The van der Waals surface area contributed by atoms with Crippen molar-refractivity contribution in [2.45, 2.75) is 55.7 Å². The van der Waals surface area contributed by atoms with E-state index < -0.39 is 0 Å². The Labute approximate surface area is 177 Å². The molecule has 1 aromatic carbocycles. The molecule has 1 aliphatic carbocycles. The quantitative estimate of drug-likeness (QED) is 0.353. The Bertz CT molecular complexity index is 947. The lowest BCUT2D eigenvalue weighted by Crippen LogP contribution is -2.32. The molecule has 1 saturated carbocycles. The molecule has 0 spiro atoms. The van der Waals surface area contributed by atoms with Gasteiger partial charge in [-0.05, 0) is 24.8 Å². The zero-order chi connectivity index (χ0) is 19.5. The molecule has 0 unspecified atom stereocenters. The van der Waals surface area contributed by atoms with Crippen LogP contribution in [-0.2, 0) is 17.0 Å². The molecule has 28 heavy (non-hydrogen) atoms. The standard InChI is InChI=1S/C20H22N4OS3/c1-3-13-5-7-14(8-6-13)18-21-15(11-26-18)12-27-20-23-22-19(28-20)24(16-9-10-16)17(25)4-2/h5-8,11,16H,3-4,9-10,12H2,1-2H3. The molecule has 0 aliphatic heterocycles. The predicted octanol–water partition coefficient (Wildman–Crippen LogP) is 5.42. The van der Waals surface area contributed by atoms with Gasteiger partial charge in [-0.15, -0.1) is 21.5 Å². The van der Waals surface area contributed by atoms with Gasteiger partial charge in [0.15, 0.2) is 4.34 Å². The number of nitrogens with zero attached hydrogens (tertiary/aromatic N) is 4. The Balaban J connectivity index is 1.39. The van der Waals surface area contributed by atoms with E-state index in [0.29, 0.717) is 12.5 Å². The number of thioether (sulfide) groups is 1. The highest BCUT2D eigenvalue weighted by Crippen LogP contribution is 2.37. The molecule has 2 heterocycles. The summed E-state index contributed by atoms with van der Waals surface area (Å²) in [6, 6.07) is 8.93. The van der Waals surface area contributed by atoms with Crippen LogP contribution in [0, 0.1) is 0 Å². The summed E-state index contributed by atoms with van der Waals surface area (Å²) in [6.07, 6.45) is 3.68. The highest BCUT2D eigenvalue weighted by molar-refractivity contribution is 8.00. The van der Waals surface area contributed by atoms with Crippen LogP contribution >= 0.6 is 34.4 Å². The van der Waals surface area contributed by atoms with Crippen LogP contribution in [0.25, 0.3) is 10.6 Å². The van der Waals surface area contributed by atoms with Crippen molar-refractivity contribution >= 4 is 45.5 Å². The van der Waals surface area contributed by atoms with Gasteiger partial charge in [-0.25, -0.2) is 4.98 Å². The van der Waals surface area contributed by atoms with Gasteiger partial charge in [0.2, 0.25) is 11.0 Å². The van der Waals surface area contributed by atoms with Crippen molar-refractivity contribution < 1.29 is 4.79 Å². The van der Waals surface area contributed by atoms with E-state index in [1.807, 2.05) is 11.8 Å². The summed E-state index contributed by atoms with van der Waals surface area (Å²) in [7, 11) is 0. The van der Waals surface area contributed by atoms with Gasteiger partial charge in [0.25, 0.3) is 0 Å². The normalized spacial score (nSPS) is 13.6. The van der Waals surface area contributed by atoms with E-state index in [1.54, 1.807) is 23.1 Å². The minimum atomic E-state index is 0.133. The van der Waals surface area contributed by atoms with Gasteiger partial charge < -0.3 is 0 Å². The fourth-order valence-electron chi connectivity index (χ4n) is 2.85. The fourth-order valence-corrected chi connectivity index (χ4v) is 5.61. The van der Waals surface area contributed by atoms with Crippen LogP contribution in [0.15, 0.2) is 34.0 Å². The lowest BCUT2D eigenvalue weighted by Gasteiger charge is -2.17. The maximum atomic E-state index is 12.2. The Morgan fingerprint density at radius 3 is 2.68 bits per heavy atom. The average molecular weight is 431 g/mol. The number of hydrogen-bond donors (Lipinski definition) is 0. The molecule has 0 bridgehead atoms. The first-order valence-electron chi connectivity index (χ1n) is 9.50. The second-order valence-electron chi connectivity index (χ2n) is 6.68. The van der Waals surface area contributed by atoms with Gasteiger partial charge in [0.05, 0.1) is 5.69 Å². The fraction of sp³-hybridized carbons (Fsp3) is 0.400. The lowest BCUT2D eigenvalue weighted by molar-refractivity contribution is -0.118. The largest absolute Gasteiger partial charge is 0.284 e. The van der Waals surface area contributed by atoms with Crippen molar-refractivity contribution in [2.24, 2.45) is 0 Å². The number of amides is 1. The first kappa shape index (κ1) is 19.5. The molecule has 1 amide bonds. The predicted molar refractivity (Wildman–Crippen MR) is 117 cm³/mol. The molecular formula is C20H22N4OS3. The van der Waals surface area contributed by atoms with Gasteiger partial charge >= 0.3 is 0 Å². The van der Waals surface area contributed by atoms with Crippen LogP contribution in [0.3, 0.4) is 0 Å². The molecule has 2 aromatic heterocycles. The van der Waals surface area contributed by atoms with Crippen LogP contribution in [0.2, 0.25) is 0 Å². The molecule has 0 saturated heterocycles. The van der Waals surface area contributed by atoms with Gasteiger partial charge in [-0.1, -0.05) is 61.2 Å². The Kier molecular flexibility index (Phi) is 6.08. The number of carbonyl (C=O) groups excluding carboxylic acids is 1. The van der Waals surface area contributed by atoms with Gasteiger partial charge in [-0.3, -0.25) is 9.69 Å². The molecule has 3 aromatic rings. The van der Waals surface area contributed by atoms with Crippen LogP contribution in [-0.4, -0.2) is 27.1 Å². The molecule has 1 fully saturated rings. The second-order valence-corrected chi connectivity index (χ2v) is 9.72. The number of anilines is 1. The number of carbonyl (C=O) groups is 1. The molecule has 146 valence electrons. The molecule has 8 heteroatoms. The van der Waals surface area contributed by atoms with Crippen molar-refractivity contribution in [3.8, 4) is 10.6 Å². The van der Waals surface area contributed by atoms with Crippen molar-refractivity contribution in [1.82, 2.24) is 15.2 Å². The summed E-state index contributed by atoms with van der Waals surface area (Å²) in [6.45, 7) is 4.05. The van der Waals surface area contributed by atoms with Crippen LogP contribution < -0.4 is 4.90 Å². The monoisotopic (exact) mass is 430 g/mol. The summed E-state index contributed by atoms with van der Waals surface area (Å²) >= 11 is 4.80. The smallest absolute Gasteiger partial charge is 0.228 e. The van der Waals surface area contributed by atoms with Crippen LogP contribution in [0.1, 0.15) is 44.4 Å². The van der Waals surface area contributed by atoms with Crippen LogP contribution in [0.4, 0.5) is 5.13 Å². The average Bonchev–Trinajstić information content (AvgIpc) is 3.26. The van der Waals surface area contributed by atoms with E-state index in [-0.39, 0.29) is 5.91 Å². The van der Waals surface area contributed by atoms with E-state index in [2.05, 4.69) is 46.8 Å². The highest BCUT2D eigenvalue weighted by atomic mass is 32.2. The second kappa shape index (κ2) is 8.71. The minimum absolute atomic E-state index is 0.133.